The molecule has 6 heteroatoms. The SMILES string of the molecule is COC(=O)C12CCC(C)(C)CC1C1C(=O)C=C3C4(C)C(CCC3(C)C1(C)CC2)C(C)(C)C(=O)C1(Br)OC14. The molecule has 5 nitrogen and oxygen atoms in total. The Morgan fingerprint density at radius 3 is 2.30 bits per heavy atom. The van der Waals surface area contributed by atoms with Gasteiger partial charge in [0.05, 0.1) is 12.5 Å². The molecule has 0 aromatic carbocycles. The number of halogens is 1. The number of rotatable bonds is 1. The lowest BCUT2D eigenvalue weighted by Gasteiger charge is -2.69. The second kappa shape index (κ2) is 7.19. The van der Waals surface area contributed by atoms with Gasteiger partial charge in [-0.3, -0.25) is 14.4 Å². The largest absolute Gasteiger partial charge is 0.469 e. The molecule has 0 radical (unpaired) electrons. The summed E-state index contributed by atoms with van der Waals surface area (Å²) in [7, 11) is 1.50. The van der Waals surface area contributed by atoms with Crippen molar-refractivity contribution in [3.63, 3.8) is 0 Å². The Balaban J connectivity index is 1.52. The first kappa shape index (κ1) is 26.2. The molecule has 4 saturated carbocycles. The lowest BCUT2D eigenvalue weighted by Crippen LogP contribution is -2.67. The number of allylic oxidation sites excluding steroid dienone is 1. The molecule has 204 valence electrons. The highest BCUT2D eigenvalue weighted by molar-refractivity contribution is 9.10. The van der Waals surface area contributed by atoms with Crippen molar-refractivity contribution in [2.24, 2.45) is 50.2 Å². The average molecular weight is 576 g/mol. The van der Waals surface area contributed by atoms with Crippen molar-refractivity contribution in [2.75, 3.05) is 7.11 Å². The highest BCUT2D eigenvalue weighted by Gasteiger charge is 2.81. The number of carbonyl (C=O) groups is 3. The monoisotopic (exact) mass is 574 g/mol. The molecule has 6 aliphatic rings. The second-order valence-corrected chi connectivity index (χ2v) is 16.6. The lowest BCUT2D eigenvalue weighted by molar-refractivity contribution is -0.192. The number of hydrogen-bond acceptors (Lipinski definition) is 5. The Morgan fingerprint density at radius 2 is 1.65 bits per heavy atom. The molecule has 5 aliphatic carbocycles. The zero-order valence-corrected chi connectivity index (χ0v) is 25.3. The number of carbonyl (C=O) groups excluding carboxylic acids is 3. The summed E-state index contributed by atoms with van der Waals surface area (Å²) in [6, 6.07) is 0. The maximum Gasteiger partial charge on any atom is 0.312 e. The van der Waals surface area contributed by atoms with Crippen LogP contribution in [0.5, 0.6) is 0 Å². The Kier molecular flexibility index (Phi) is 5.10. The number of hydrogen-bond donors (Lipinski definition) is 0. The average Bonchev–Trinajstić information content (AvgIpc) is 3.52. The Morgan fingerprint density at radius 1 is 1.00 bits per heavy atom. The molecule has 6 rings (SSSR count). The van der Waals surface area contributed by atoms with Gasteiger partial charge in [0.15, 0.2) is 11.6 Å². The first-order valence-corrected chi connectivity index (χ1v) is 15.0. The van der Waals surface area contributed by atoms with Gasteiger partial charge in [-0.05, 0) is 95.0 Å². The fraction of sp³-hybridized carbons (Fsp3) is 0.839. The fourth-order valence-electron chi connectivity index (χ4n) is 10.8. The molecule has 37 heavy (non-hydrogen) atoms. The predicted molar refractivity (Wildman–Crippen MR) is 144 cm³/mol. The van der Waals surface area contributed by atoms with Gasteiger partial charge >= 0.3 is 5.97 Å². The van der Waals surface area contributed by atoms with Crippen LogP contribution in [0, 0.1) is 50.2 Å². The maximum absolute atomic E-state index is 14.4. The number of ketones is 2. The van der Waals surface area contributed by atoms with E-state index in [0.717, 1.165) is 44.9 Å². The van der Waals surface area contributed by atoms with Crippen LogP contribution in [0.4, 0.5) is 0 Å². The molecule has 1 aliphatic heterocycles. The Bertz CT molecular complexity index is 1150. The van der Waals surface area contributed by atoms with E-state index in [2.05, 4.69) is 64.4 Å². The van der Waals surface area contributed by atoms with E-state index < -0.39 is 20.8 Å². The van der Waals surface area contributed by atoms with Crippen LogP contribution in [0.15, 0.2) is 11.6 Å². The van der Waals surface area contributed by atoms with Gasteiger partial charge in [-0.25, -0.2) is 0 Å². The molecule has 0 amide bonds. The van der Waals surface area contributed by atoms with Crippen molar-refractivity contribution in [1.82, 2.24) is 0 Å². The topological polar surface area (TPSA) is 73.0 Å². The third kappa shape index (κ3) is 2.83. The van der Waals surface area contributed by atoms with Crippen molar-refractivity contribution < 1.29 is 23.9 Å². The summed E-state index contributed by atoms with van der Waals surface area (Å²) >= 11 is 3.69. The minimum Gasteiger partial charge on any atom is -0.469 e. The maximum atomic E-state index is 14.4. The van der Waals surface area contributed by atoms with Crippen molar-refractivity contribution in [1.29, 1.82) is 0 Å². The quantitative estimate of drug-likeness (QED) is 0.205. The Labute approximate surface area is 230 Å². The number of ether oxygens (including phenoxy) is 2. The third-order valence-electron chi connectivity index (χ3n) is 13.1. The van der Waals surface area contributed by atoms with E-state index in [4.69, 9.17) is 9.47 Å². The molecule has 5 fully saturated rings. The minimum atomic E-state index is -0.943. The van der Waals surface area contributed by atoms with Gasteiger partial charge in [0.2, 0.25) is 4.51 Å². The van der Waals surface area contributed by atoms with Crippen molar-refractivity contribution in [3.05, 3.63) is 11.6 Å². The van der Waals surface area contributed by atoms with Crippen LogP contribution >= 0.6 is 15.9 Å². The van der Waals surface area contributed by atoms with Crippen LogP contribution in [-0.2, 0) is 23.9 Å². The van der Waals surface area contributed by atoms with E-state index in [1.54, 1.807) is 0 Å². The van der Waals surface area contributed by atoms with Crippen LogP contribution in [-0.4, -0.2) is 35.3 Å². The van der Waals surface area contributed by atoms with E-state index in [-0.39, 0.29) is 57.6 Å². The third-order valence-corrected chi connectivity index (χ3v) is 14.0. The van der Waals surface area contributed by atoms with E-state index in [1.807, 2.05) is 6.08 Å². The van der Waals surface area contributed by atoms with Crippen molar-refractivity contribution in [3.8, 4) is 0 Å². The first-order chi connectivity index (χ1) is 17.0. The summed E-state index contributed by atoms with van der Waals surface area (Å²) in [5.41, 5.74) is -0.733. The highest BCUT2D eigenvalue weighted by Crippen LogP contribution is 2.78. The number of epoxide rings is 1. The van der Waals surface area contributed by atoms with E-state index in [0.29, 0.717) is 0 Å². The predicted octanol–water partition coefficient (Wildman–Crippen LogP) is 6.42. The van der Waals surface area contributed by atoms with Crippen LogP contribution in [0.2, 0.25) is 0 Å². The molecule has 0 aromatic rings. The highest BCUT2D eigenvalue weighted by atomic mass is 79.9. The molecule has 0 N–H and O–H groups in total. The molecular formula is C31H43BrO5. The number of alkyl halides is 1. The molecule has 9 atom stereocenters. The fourth-order valence-corrected chi connectivity index (χ4v) is 12.0. The van der Waals surface area contributed by atoms with Gasteiger partial charge in [-0.15, -0.1) is 0 Å². The van der Waals surface area contributed by atoms with E-state index in [1.165, 1.54) is 12.7 Å². The van der Waals surface area contributed by atoms with Crippen LogP contribution < -0.4 is 0 Å². The van der Waals surface area contributed by atoms with Gasteiger partial charge in [0.25, 0.3) is 0 Å². The van der Waals surface area contributed by atoms with Gasteiger partial charge in [0.1, 0.15) is 6.10 Å². The molecule has 1 heterocycles. The minimum absolute atomic E-state index is 0.0214. The molecular weight excluding hydrogens is 532 g/mol. The normalized spacial score (nSPS) is 52.9. The number of methoxy groups -OCH3 is 1. The van der Waals surface area contributed by atoms with Gasteiger partial charge in [0, 0.05) is 16.7 Å². The van der Waals surface area contributed by atoms with Crippen molar-refractivity contribution in [2.45, 2.75) is 104 Å². The van der Waals surface area contributed by atoms with Crippen molar-refractivity contribution >= 4 is 33.5 Å². The number of fused-ring (bicyclic) bond motifs is 9. The summed E-state index contributed by atoms with van der Waals surface area (Å²) in [5.74, 6) is 0.0644. The summed E-state index contributed by atoms with van der Waals surface area (Å²) in [6.45, 7) is 15.7. The summed E-state index contributed by atoms with van der Waals surface area (Å²) < 4.78 is 10.7. The standard InChI is InChI=1S/C31H43BrO5/c1-25(2)11-13-30(24(35)36-8)14-12-28(6)21(17(30)16-25)18(33)15-20-27(28,5)10-9-19-26(3,4)22(34)31(32)23(37-31)29(19,20)7/h15,17,19,21,23H,9-14,16H2,1-8H3. The smallest absolute Gasteiger partial charge is 0.312 e. The zero-order chi connectivity index (χ0) is 27.2. The van der Waals surface area contributed by atoms with E-state index >= 15 is 0 Å². The number of esters is 1. The molecule has 0 aromatic heterocycles. The first-order valence-electron chi connectivity index (χ1n) is 14.2. The number of Topliss-reactive ketones (excluding diaryl/α,β-unsaturated/α-hetero) is 1. The molecule has 0 bridgehead atoms. The zero-order valence-electron chi connectivity index (χ0n) is 23.8. The van der Waals surface area contributed by atoms with Crippen LogP contribution in [0.1, 0.15) is 93.4 Å². The molecule has 1 saturated heterocycles. The second-order valence-electron chi connectivity index (χ2n) is 15.4. The van der Waals surface area contributed by atoms with Gasteiger partial charge in [-0.1, -0.05) is 54.0 Å². The summed E-state index contributed by atoms with van der Waals surface area (Å²) in [6.07, 6.45) is 7.83. The van der Waals surface area contributed by atoms with Crippen LogP contribution in [0.3, 0.4) is 0 Å². The van der Waals surface area contributed by atoms with E-state index in [9.17, 15) is 14.4 Å². The molecule has 0 spiro atoms. The van der Waals surface area contributed by atoms with Crippen LogP contribution in [0.25, 0.3) is 0 Å². The summed E-state index contributed by atoms with van der Waals surface area (Å²) in [4.78, 5) is 41.3. The van der Waals surface area contributed by atoms with Gasteiger partial charge in [-0.2, -0.15) is 0 Å². The summed E-state index contributed by atoms with van der Waals surface area (Å²) in [5, 5.41) is 0. The Hall–Kier alpha value is -1.01. The lowest BCUT2D eigenvalue weighted by atomic mass is 9.34. The van der Waals surface area contributed by atoms with Gasteiger partial charge < -0.3 is 9.47 Å². The molecule has 9 unspecified atom stereocenters.